The lowest BCUT2D eigenvalue weighted by atomic mass is 10.0. The van der Waals surface area contributed by atoms with E-state index in [0.717, 1.165) is 50.5 Å². The van der Waals surface area contributed by atoms with Crippen LogP contribution in [-0.4, -0.2) is 15.9 Å². The summed E-state index contributed by atoms with van der Waals surface area (Å²) in [5.41, 5.74) is 8.21. The molecule has 0 saturated heterocycles. The fourth-order valence-corrected chi connectivity index (χ4v) is 4.37. The zero-order valence-corrected chi connectivity index (χ0v) is 21.0. The maximum atomic E-state index is 12.8. The number of pyridine rings is 2. The highest BCUT2D eigenvalue weighted by Gasteiger charge is 2.09. The number of anilines is 5. The van der Waals surface area contributed by atoms with Crippen LogP contribution in [-0.2, 0) is 0 Å². The van der Waals surface area contributed by atoms with Gasteiger partial charge in [0, 0.05) is 58.0 Å². The van der Waals surface area contributed by atoms with Crippen molar-refractivity contribution in [2.24, 2.45) is 0 Å². The van der Waals surface area contributed by atoms with Crippen LogP contribution < -0.4 is 16.0 Å². The van der Waals surface area contributed by atoms with Gasteiger partial charge in [-0.3, -0.25) is 14.8 Å². The van der Waals surface area contributed by atoms with Crippen molar-refractivity contribution in [3.63, 3.8) is 0 Å². The molecular weight excluding hydrogens is 482 g/mol. The average Bonchev–Trinajstić information content (AvgIpc) is 2.99. The molecule has 0 radical (unpaired) electrons. The summed E-state index contributed by atoms with van der Waals surface area (Å²) in [4.78, 5) is 21.4. The molecule has 6 nitrogen and oxygen atoms in total. The molecule has 0 saturated carbocycles. The van der Waals surface area contributed by atoms with Gasteiger partial charge >= 0.3 is 0 Å². The van der Waals surface area contributed by atoms with E-state index in [1.165, 1.54) is 0 Å². The third kappa shape index (κ3) is 5.60. The van der Waals surface area contributed by atoms with Gasteiger partial charge in [0.25, 0.3) is 5.91 Å². The number of hydrogen-bond donors (Lipinski definition) is 3. The Balaban J connectivity index is 1.14. The number of nitrogens with one attached hydrogen (secondary N) is 3. The zero-order chi connectivity index (χ0) is 26.4. The molecule has 0 aliphatic rings. The normalized spacial score (nSPS) is 10.7. The summed E-state index contributed by atoms with van der Waals surface area (Å²) in [6.07, 6.45) is 5.27. The molecule has 0 aliphatic carbocycles. The Morgan fingerprint density at radius 3 is 2.00 bits per heavy atom. The number of carbonyl (C=O) groups excluding carboxylic acids is 1. The number of nitrogens with zero attached hydrogens (tertiary/aromatic N) is 2. The van der Waals surface area contributed by atoms with E-state index in [1.54, 1.807) is 18.6 Å². The van der Waals surface area contributed by atoms with E-state index >= 15 is 0 Å². The van der Waals surface area contributed by atoms with Gasteiger partial charge in [0.15, 0.2) is 0 Å². The summed E-state index contributed by atoms with van der Waals surface area (Å²) < 4.78 is 0. The first kappa shape index (κ1) is 23.9. The minimum absolute atomic E-state index is 0.168. The highest BCUT2D eigenvalue weighted by atomic mass is 16.1. The van der Waals surface area contributed by atoms with E-state index in [9.17, 15) is 4.79 Å². The lowest BCUT2D eigenvalue weighted by molar-refractivity contribution is 0.102. The second-order valence-corrected chi connectivity index (χ2v) is 9.05. The molecule has 4 aromatic carbocycles. The third-order valence-electron chi connectivity index (χ3n) is 6.39. The molecule has 6 heteroatoms. The van der Waals surface area contributed by atoms with E-state index in [1.807, 2.05) is 91.0 Å². The van der Waals surface area contributed by atoms with Crippen LogP contribution in [0, 0.1) is 0 Å². The molecule has 0 spiro atoms. The Bertz CT molecular complexity index is 1720. The zero-order valence-electron chi connectivity index (χ0n) is 21.0. The molecule has 6 rings (SSSR count). The number of hydrogen-bond acceptors (Lipinski definition) is 5. The molecular formula is C33H25N5O. The highest BCUT2D eigenvalue weighted by molar-refractivity contribution is 6.04. The Morgan fingerprint density at radius 2 is 1.23 bits per heavy atom. The number of carbonyl (C=O) groups is 1. The van der Waals surface area contributed by atoms with Gasteiger partial charge in [-0.2, -0.15) is 0 Å². The van der Waals surface area contributed by atoms with Crippen molar-refractivity contribution in [2.75, 3.05) is 16.0 Å². The fraction of sp³-hybridized carbons (Fsp3) is 0. The number of amides is 1. The van der Waals surface area contributed by atoms with Crippen LogP contribution in [0.4, 0.5) is 28.4 Å². The Hall–Kier alpha value is -5.49. The van der Waals surface area contributed by atoms with Crippen molar-refractivity contribution < 1.29 is 4.79 Å². The summed E-state index contributed by atoms with van der Waals surface area (Å²) >= 11 is 0. The molecule has 188 valence electrons. The predicted octanol–water partition coefficient (Wildman–Crippen LogP) is 8.04. The van der Waals surface area contributed by atoms with Crippen LogP contribution in [0.1, 0.15) is 10.4 Å². The number of rotatable bonds is 7. The van der Waals surface area contributed by atoms with Crippen LogP contribution in [0.2, 0.25) is 0 Å². The first-order valence-electron chi connectivity index (χ1n) is 12.6. The van der Waals surface area contributed by atoms with Gasteiger partial charge in [0.05, 0.1) is 5.52 Å². The van der Waals surface area contributed by atoms with Gasteiger partial charge in [-0.15, -0.1) is 0 Å². The lowest BCUT2D eigenvalue weighted by Gasteiger charge is -2.12. The van der Waals surface area contributed by atoms with Gasteiger partial charge in [0.1, 0.15) is 0 Å². The Morgan fingerprint density at radius 1 is 0.564 bits per heavy atom. The minimum atomic E-state index is -0.168. The molecule has 2 aromatic heterocycles. The van der Waals surface area contributed by atoms with Crippen molar-refractivity contribution in [1.29, 1.82) is 0 Å². The SMILES string of the molecule is O=C(Nc1ccc(Nc2ccncc2)cc1)c1ccc(Nc2ccnc3ccc(-c4ccccc4)cc23)cc1. The summed E-state index contributed by atoms with van der Waals surface area (Å²) in [5, 5.41) is 10.8. The molecule has 3 N–H and O–H groups in total. The van der Waals surface area contributed by atoms with Gasteiger partial charge in [-0.25, -0.2) is 0 Å². The summed E-state index contributed by atoms with van der Waals surface area (Å²) in [7, 11) is 0. The standard InChI is InChI=1S/C33H25N5O/c39-33(38-28-13-11-26(12-14-28)36-29-16-19-34-20-17-29)24-6-9-27(10-7-24)37-32-18-21-35-31-15-8-25(22-30(31)32)23-4-2-1-3-5-23/h1-22H,(H,34,36)(H,35,37)(H,38,39). The van der Waals surface area contributed by atoms with E-state index < -0.39 is 0 Å². The molecule has 0 bridgehead atoms. The minimum Gasteiger partial charge on any atom is -0.355 e. The molecule has 0 fully saturated rings. The number of fused-ring (bicyclic) bond motifs is 1. The quantitative estimate of drug-likeness (QED) is 0.204. The largest absolute Gasteiger partial charge is 0.355 e. The second-order valence-electron chi connectivity index (χ2n) is 9.05. The molecule has 39 heavy (non-hydrogen) atoms. The number of aromatic nitrogens is 2. The predicted molar refractivity (Wildman–Crippen MR) is 159 cm³/mol. The van der Waals surface area contributed by atoms with Crippen molar-refractivity contribution in [3.05, 3.63) is 139 Å². The van der Waals surface area contributed by atoms with Crippen molar-refractivity contribution >= 4 is 45.2 Å². The van der Waals surface area contributed by atoms with Crippen LogP contribution >= 0.6 is 0 Å². The second kappa shape index (κ2) is 10.9. The van der Waals surface area contributed by atoms with Gasteiger partial charge in [0.2, 0.25) is 0 Å². The van der Waals surface area contributed by atoms with Crippen LogP contribution in [0.3, 0.4) is 0 Å². The highest BCUT2D eigenvalue weighted by Crippen LogP contribution is 2.30. The molecule has 0 atom stereocenters. The topological polar surface area (TPSA) is 78.9 Å². The monoisotopic (exact) mass is 507 g/mol. The lowest BCUT2D eigenvalue weighted by Crippen LogP contribution is -2.11. The fourth-order valence-electron chi connectivity index (χ4n) is 4.37. The molecule has 0 aliphatic heterocycles. The molecule has 1 amide bonds. The maximum Gasteiger partial charge on any atom is 0.255 e. The van der Waals surface area contributed by atoms with Gasteiger partial charge in [-0.05, 0) is 90.0 Å². The maximum absolute atomic E-state index is 12.8. The van der Waals surface area contributed by atoms with E-state index in [0.29, 0.717) is 5.56 Å². The van der Waals surface area contributed by atoms with Crippen molar-refractivity contribution in [1.82, 2.24) is 9.97 Å². The smallest absolute Gasteiger partial charge is 0.255 e. The first-order chi connectivity index (χ1) is 19.2. The van der Waals surface area contributed by atoms with Crippen LogP contribution in [0.25, 0.3) is 22.0 Å². The summed E-state index contributed by atoms with van der Waals surface area (Å²) in [5.74, 6) is -0.168. The van der Waals surface area contributed by atoms with Crippen molar-refractivity contribution in [3.8, 4) is 11.1 Å². The first-order valence-corrected chi connectivity index (χ1v) is 12.6. The van der Waals surface area contributed by atoms with E-state index in [-0.39, 0.29) is 5.91 Å². The third-order valence-corrected chi connectivity index (χ3v) is 6.39. The molecule has 0 unspecified atom stereocenters. The number of benzene rings is 4. The average molecular weight is 508 g/mol. The summed E-state index contributed by atoms with van der Waals surface area (Å²) in [6, 6.07) is 37.4. The Kier molecular flexibility index (Phi) is 6.65. The van der Waals surface area contributed by atoms with E-state index in [4.69, 9.17) is 0 Å². The van der Waals surface area contributed by atoms with Crippen molar-refractivity contribution in [2.45, 2.75) is 0 Å². The van der Waals surface area contributed by atoms with E-state index in [2.05, 4.69) is 50.2 Å². The van der Waals surface area contributed by atoms with Crippen LogP contribution in [0.15, 0.2) is 134 Å². The van der Waals surface area contributed by atoms with Gasteiger partial charge in [-0.1, -0.05) is 36.4 Å². The van der Waals surface area contributed by atoms with Crippen LogP contribution in [0.5, 0.6) is 0 Å². The Labute approximate surface area is 226 Å². The van der Waals surface area contributed by atoms with Gasteiger partial charge < -0.3 is 16.0 Å². The molecule has 6 aromatic rings. The molecule has 2 heterocycles. The summed E-state index contributed by atoms with van der Waals surface area (Å²) in [6.45, 7) is 0.